The SMILES string of the molecule is CC(C)CNC(=O)c1ccc(N=NN(C)Cc2ccncc2)cc1. The Balaban J connectivity index is 1.89. The zero-order valence-corrected chi connectivity index (χ0v) is 14.3. The second kappa shape index (κ2) is 8.76. The van der Waals surface area contributed by atoms with Gasteiger partial charge in [-0.05, 0) is 47.9 Å². The Kier molecular flexibility index (Phi) is 6.42. The molecule has 0 atom stereocenters. The summed E-state index contributed by atoms with van der Waals surface area (Å²) in [7, 11) is 1.86. The van der Waals surface area contributed by atoms with Gasteiger partial charge < -0.3 is 5.32 Å². The van der Waals surface area contributed by atoms with E-state index in [-0.39, 0.29) is 5.91 Å². The molecule has 6 nitrogen and oxygen atoms in total. The maximum absolute atomic E-state index is 12.0. The molecule has 1 amide bonds. The second-order valence-corrected chi connectivity index (χ2v) is 6.01. The molecule has 0 aliphatic carbocycles. The molecule has 126 valence electrons. The summed E-state index contributed by atoms with van der Waals surface area (Å²) in [5, 5.41) is 13.0. The second-order valence-electron chi connectivity index (χ2n) is 6.01. The average molecular weight is 325 g/mol. The number of carbonyl (C=O) groups is 1. The molecule has 1 aromatic carbocycles. The van der Waals surface area contributed by atoms with E-state index in [9.17, 15) is 4.79 Å². The number of nitrogens with one attached hydrogen (secondary N) is 1. The third-order valence-electron chi connectivity index (χ3n) is 3.27. The van der Waals surface area contributed by atoms with Crippen LogP contribution < -0.4 is 5.32 Å². The lowest BCUT2D eigenvalue weighted by Gasteiger charge is -2.10. The molecule has 0 aliphatic rings. The van der Waals surface area contributed by atoms with E-state index in [0.29, 0.717) is 30.3 Å². The van der Waals surface area contributed by atoms with Gasteiger partial charge in [-0.15, -0.1) is 5.11 Å². The van der Waals surface area contributed by atoms with Crippen LogP contribution in [0.5, 0.6) is 0 Å². The quantitative estimate of drug-likeness (QED) is 0.624. The summed E-state index contributed by atoms with van der Waals surface area (Å²) in [6, 6.07) is 11.0. The van der Waals surface area contributed by atoms with Gasteiger partial charge in [0.2, 0.25) is 0 Å². The van der Waals surface area contributed by atoms with E-state index >= 15 is 0 Å². The Labute approximate surface area is 142 Å². The monoisotopic (exact) mass is 325 g/mol. The molecule has 0 unspecified atom stereocenters. The first kappa shape index (κ1) is 17.6. The van der Waals surface area contributed by atoms with Gasteiger partial charge in [-0.25, -0.2) is 0 Å². The van der Waals surface area contributed by atoms with Crippen LogP contribution >= 0.6 is 0 Å². The summed E-state index contributed by atoms with van der Waals surface area (Å²) in [6.45, 7) is 5.44. The Bertz CT molecular complexity index is 668. The van der Waals surface area contributed by atoms with E-state index in [1.165, 1.54) is 0 Å². The van der Waals surface area contributed by atoms with Gasteiger partial charge >= 0.3 is 0 Å². The largest absolute Gasteiger partial charge is 0.352 e. The van der Waals surface area contributed by atoms with E-state index < -0.39 is 0 Å². The predicted octanol–water partition coefficient (Wildman–Crippen LogP) is 3.60. The molecule has 2 rings (SSSR count). The normalized spacial score (nSPS) is 11.0. The molecule has 0 radical (unpaired) electrons. The average Bonchev–Trinajstić information content (AvgIpc) is 2.59. The van der Waals surface area contributed by atoms with Crippen LogP contribution in [0.25, 0.3) is 0 Å². The van der Waals surface area contributed by atoms with Crippen molar-refractivity contribution >= 4 is 11.6 Å². The van der Waals surface area contributed by atoms with E-state index in [1.54, 1.807) is 41.7 Å². The van der Waals surface area contributed by atoms with Crippen LogP contribution in [0.4, 0.5) is 5.69 Å². The van der Waals surface area contributed by atoms with E-state index in [4.69, 9.17) is 0 Å². The Hall–Kier alpha value is -2.76. The van der Waals surface area contributed by atoms with Crippen LogP contribution in [0.3, 0.4) is 0 Å². The number of rotatable bonds is 7. The summed E-state index contributed by atoms with van der Waals surface area (Å²) in [6.07, 6.45) is 3.51. The minimum Gasteiger partial charge on any atom is -0.352 e. The van der Waals surface area contributed by atoms with E-state index in [1.807, 2.05) is 19.2 Å². The molecule has 6 heteroatoms. The number of hydrogen-bond acceptors (Lipinski definition) is 4. The molecule has 24 heavy (non-hydrogen) atoms. The fourth-order valence-corrected chi connectivity index (χ4v) is 1.99. The van der Waals surface area contributed by atoms with Gasteiger partial charge in [0.15, 0.2) is 0 Å². The highest BCUT2D eigenvalue weighted by atomic mass is 16.1. The number of amides is 1. The van der Waals surface area contributed by atoms with Crippen molar-refractivity contribution in [3.05, 3.63) is 59.9 Å². The fourth-order valence-electron chi connectivity index (χ4n) is 1.99. The molecular formula is C18H23N5O. The van der Waals surface area contributed by atoms with Crippen molar-refractivity contribution in [1.29, 1.82) is 0 Å². The summed E-state index contributed by atoms with van der Waals surface area (Å²) in [5.41, 5.74) is 2.44. The first-order chi connectivity index (χ1) is 11.5. The van der Waals surface area contributed by atoms with Gasteiger partial charge in [-0.3, -0.25) is 14.8 Å². The highest BCUT2D eigenvalue weighted by Crippen LogP contribution is 2.14. The number of hydrogen-bond donors (Lipinski definition) is 1. The van der Waals surface area contributed by atoms with E-state index in [2.05, 4.69) is 34.5 Å². The number of pyridine rings is 1. The number of carbonyl (C=O) groups excluding carboxylic acids is 1. The fraction of sp³-hybridized carbons (Fsp3) is 0.333. The van der Waals surface area contributed by atoms with Crippen molar-refractivity contribution < 1.29 is 4.79 Å². The molecular weight excluding hydrogens is 302 g/mol. The molecule has 0 aliphatic heterocycles. The Morgan fingerprint density at radius 2 is 1.83 bits per heavy atom. The third-order valence-corrected chi connectivity index (χ3v) is 3.27. The summed E-state index contributed by atoms with van der Waals surface area (Å²) < 4.78 is 0. The molecule has 0 spiro atoms. The number of aromatic nitrogens is 1. The smallest absolute Gasteiger partial charge is 0.251 e. The zero-order valence-electron chi connectivity index (χ0n) is 14.3. The van der Waals surface area contributed by atoms with Crippen LogP contribution in [0.2, 0.25) is 0 Å². The number of nitrogens with zero attached hydrogens (tertiary/aromatic N) is 4. The number of benzene rings is 1. The molecule has 0 saturated carbocycles. The van der Waals surface area contributed by atoms with Gasteiger partial charge in [-0.2, -0.15) is 0 Å². The van der Waals surface area contributed by atoms with Gasteiger partial charge in [0, 0.05) is 31.5 Å². The third kappa shape index (κ3) is 5.79. The van der Waals surface area contributed by atoms with Gasteiger partial charge in [0.1, 0.15) is 0 Å². The highest BCUT2D eigenvalue weighted by Gasteiger charge is 2.05. The van der Waals surface area contributed by atoms with Crippen molar-refractivity contribution in [2.45, 2.75) is 20.4 Å². The molecule has 1 aromatic heterocycles. The maximum Gasteiger partial charge on any atom is 0.251 e. The van der Waals surface area contributed by atoms with Crippen LogP contribution in [-0.2, 0) is 6.54 Å². The first-order valence-corrected chi connectivity index (χ1v) is 7.94. The van der Waals surface area contributed by atoms with Gasteiger partial charge in [-0.1, -0.05) is 19.1 Å². The summed E-state index contributed by atoms with van der Waals surface area (Å²) in [5.74, 6) is 0.361. The maximum atomic E-state index is 12.0. The van der Waals surface area contributed by atoms with Crippen molar-refractivity contribution in [3.63, 3.8) is 0 Å². The topological polar surface area (TPSA) is 70.0 Å². The summed E-state index contributed by atoms with van der Waals surface area (Å²) in [4.78, 5) is 15.9. The molecule has 1 N–H and O–H groups in total. The molecule has 2 aromatic rings. The molecule has 1 heterocycles. The molecule has 0 fully saturated rings. The van der Waals surface area contributed by atoms with Gasteiger partial charge in [0.25, 0.3) is 5.91 Å². The van der Waals surface area contributed by atoms with Crippen LogP contribution in [0, 0.1) is 5.92 Å². The zero-order chi connectivity index (χ0) is 17.4. The van der Waals surface area contributed by atoms with Crippen LogP contribution in [-0.4, -0.2) is 29.5 Å². The first-order valence-electron chi connectivity index (χ1n) is 7.94. The van der Waals surface area contributed by atoms with Crippen LogP contribution in [0.15, 0.2) is 59.1 Å². The minimum absolute atomic E-state index is 0.0676. The standard InChI is InChI=1S/C18H23N5O/c1-14(2)12-20-18(24)16-4-6-17(7-5-16)21-22-23(3)13-15-8-10-19-11-9-15/h4-11,14H,12-13H2,1-3H3,(H,20,24). The van der Waals surface area contributed by atoms with Crippen molar-refractivity contribution in [1.82, 2.24) is 15.3 Å². The molecule has 0 saturated heterocycles. The predicted molar refractivity (Wildman–Crippen MR) is 93.8 cm³/mol. The lowest BCUT2D eigenvalue weighted by atomic mass is 10.2. The van der Waals surface area contributed by atoms with Crippen molar-refractivity contribution in [3.8, 4) is 0 Å². The van der Waals surface area contributed by atoms with Gasteiger partial charge in [0.05, 0.1) is 12.2 Å². The Morgan fingerprint density at radius 3 is 2.46 bits per heavy atom. The minimum atomic E-state index is -0.0676. The summed E-state index contributed by atoms with van der Waals surface area (Å²) >= 11 is 0. The Morgan fingerprint density at radius 1 is 1.17 bits per heavy atom. The van der Waals surface area contributed by atoms with E-state index in [0.717, 1.165) is 5.56 Å². The lowest BCUT2D eigenvalue weighted by molar-refractivity contribution is 0.0949. The highest BCUT2D eigenvalue weighted by molar-refractivity contribution is 5.94. The molecule has 0 bridgehead atoms. The van der Waals surface area contributed by atoms with Crippen LogP contribution in [0.1, 0.15) is 29.8 Å². The lowest BCUT2D eigenvalue weighted by Crippen LogP contribution is -2.27. The van der Waals surface area contributed by atoms with Crippen molar-refractivity contribution in [2.24, 2.45) is 16.3 Å². The van der Waals surface area contributed by atoms with Crippen molar-refractivity contribution in [2.75, 3.05) is 13.6 Å².